The van der Waals surface area contributed by atoms with Crippen LogP contribution in [-0.4, -0.2) is 18.7 Å². The first-order valence-electron chi connectivity index (χ1n) is 6.30. The Balaban J connectivity index is 2.14. The van der Waals surface area contributed by atoms with E-state index in [0.717, 1.165) is 5.69 Å². The number of benzene rings is 2. The summed E-state index contributed by atoms with van der Waals surface area (Å²) in [5.74, 6) is -0.229. The van der Waals surface area contributed by atoms with Crippen LogP contribution in [0, 0.1) is 0 Å². The molecule has 2 N–H and O–H groups in total. The van der Waals surface area contributed by atoms with Gasteiger partial charge in [-0.15, -0.1) is 0 Å². The molecule has 0 spiro atoms. The summed E-state index contributed by atoms with van der Waals surface area (Å²) in [5, 5.41) is 5.77. The first-order valence-corrected chi connectivity index (χ1v) is 6.30. The first-order chi connectivity index (χ1) is 9.60. The van der Waals surface area contributed by atoms with Gasteiger partial charge in [0.1, 0.15) is 0 Å². The van der Waals surface area contributed by atoms with Gasteiger partial charge in [-0.05, 0) is 43.3 Å². The highest BCUT2D eigenvalue weighted by molar-refractivity contribution is 6.05. The number of rotatable bonds is 4. The zero-order valence-electron chi connectivity index (χ0n) is 11.4. The maximum absolute atomic E-state index is 12.1. The third-order valence-corrected chi connectivity index (χ3v) is 2.96. The predicted octanol–water partition coefficient (Wildman–Crippen LogP) is 3.18. The predicted molar refractivity (Wildman–Crippen MR) is 80.4 cm³/mol. The van der Waals surface area contributed by atoms with Crippen LogP contribution in [0.25, 0.3) is 0 Å². The minimum Gasteiger partial charge on any atom is -0.388 e. The van der Waals surface area contributed by atoms with Crippen LogP contribution >= 0.6 is 0 Å². The SMILES string of the molecule is CNc1ccc(C(=O)Nc2cccc(C(C)=O)c2)cc1. The molecule has 0 fully saturated rings. The van der Waals surface area contributed by atoms with Gasteiger partial charge in [-0.2, -0.15) is 0 Å². The Bertz CT molecular complexity index is 633. The summed E-state index contributed by atoms with van der Waals surface area (Å²) in [5.41, 5.74) is 2.70. The second-order valence-corrected chi connectivity index (χ2v) is 4.42. The fourth-order valence-corrected chi connectivity index (χ4v) is 1.81. The Morgan fingerprint density at radius 2 is 1.60 bits per heavy atom. The molecule has 0 unspecified atom stereocenters. The lowest BCUT2D eigenvalue weighted by molar-refractivity contribution is 0.101. The van der Waals surface area contributed by atoms with E-state index in [1.165, 1.54) is 6.92 Å². The zero-order valence-corrected chi connectivity index (χ0v) is 11.4. The van der Waals surface area contributed by atoms with Gasteiger partial charge in [0.25, 0.3) is 5.91 Å². The lowest BCUT2D eigenvalue weighted by Gasteiger charge is -2.07. The Hall–Kier alpha value is -2.62. The molecule has 0 radical (unpaired) electrons. The van der Waals surface area contributed by atoms with Gasteiger partial charge in [0, 0.05) is 29.5 Å². The minimum absolute atomic E-state index is 0.0283. The summed E-state index contributed by atoms with van der Waals surface area (Å²) in [6.45, 7) is 1.50. The zero-order chi connectivity index (χ0) is 14.5. The van der Waals surface area contributed by atoms with E-state index >= 15 is 0 Å². The molecule has 0 atom stereocenters. The molecule has 0 heterocycles. The first kappa shape index (κ1) is 13.8. The number of carbonyl (C=O) groups excluding carboxylic acids is 2. The van der Waals surface area contributed by atoms with Crippen molar-refractivity contribution in [1.29, 1.82) is 0 Å². The van der Waals surface area contributed by atoms with E-state index in [9.17, 15) is 9.59 Å². The number of nitrogens with one attached hydrogen (secondary N) is 2. The highest BCUT2D eigenvalue weighted by Crippen LogP contribution is 2.14. The van der Waals surface area contributed by atoms with Crippen molar-refractivity contribution in [2.45, 2.75) is 6.92 Å². The molecule has 102 valence electrons. The molecule has 0 aromatic heterocycles. The van der Waals surface area contributed by atoms with Crippen molar-refractivity contribution in [3.8, 4) is 0 Å². The lowest BCUT2D eigenvalue weighted by Crippen LogP contribution is -2.12. The minimum atomic E-state index is -0.201. The Morgan fingerprint density at radius 1 is 0.900 bits per heavy atom. The van der Waals surface area contributed by atoms with E-state index < -0.39 is 0 Å². The normalized spacial score (nSPS) is 9.90. The molecule has 0 bridgehead atoms. The van der Waals surface area contributed by atoms with Crippen LogP contribution in [0.1, 0.15) is 27.6 Å². The highest BCUT2D eigenvalue weighted by atomic mass is 16.1. The summed E-state index contributed by atoms with van der Waals surface area (Å²) < 4.78 is 0. The number of Topliss-reactive ketones (excluding diaryl/α,β-unsaturated/α-hetero) is 1. The molecule has 0 aliphatic carbocycles. The van der Waals surface area contributed by atoms with Gasteiger partial charge in [-0.3, -0.25) is 9.59 Å². The Kier molecular flexibility index (Phi) is 4.15. The van der Waals surface area contributed by atoms with E-state index in [1.54, 1.807) is 36.4 Å². The average molecular weight is 268 g/mol. The third kappa shape index (κ3) is 3.23. The number of carbonyl (C=O) groups is 2. The van der Waals surface area contributed by atoms with Crippen molar-refractivity contribution >= 4 is 23.1 Å². The maximum atomic E-state index is 12.1. The third-order valence-electron chi connectivity index (χ3n) is 2.96. The fraction of sp³-hybridized carbons (Fsp3) is 0.125. The summed E-state index contributed by atoms with van der Waals surface area (Å²) in [6.07, 6.45) is 0. The molecule has 2 aromatic carbocycles. The monoisotopic (exact) mass is 268 g/mol. The molecule has 2 rings (SSSR count). The smallest absolute Gasteiger partial charge is 0.255 e. The molecular formula is C16H16N2O2. The van der Waals surface area contributed by atoms with Crippen LogP contribution in [0.2, 0.25) is 0 Å². The molecule has 2 aromatic rings. The maximum Gasteiger partial charge on any atom is 0.255 e. The van der Waals surface area contributed by atoms with E-state index in [4.69, 9.17) is 0 Å². The molecule has 4 nitrogen and oxygen atoms in total. The molecule has 0 aliphatic rings. The highest BCUT2D eigenvalue weighted by Gasteiger charge is 2.07. The largest absolute Gasteiger partial charge is 0.388 e. The number of amides is 1. The van der Waals surface area contributed by atoms with Crippen molar-refractivity contribution in [3.05, 3.63) is 59.7 Å². The Labute approximate surface area is 117 Å². The molecule has 20 heavy (non-hydrogen) atoms. The van der Waals surface area contributed by atoms with Gasteiger partial charge in [-0.1, -0.05) is 12.1 Å². The van der Waals surface area contributed by atoms with Gasteiger partial charge < -0.3 is 10.6 Å². The van der Waals surface area contributed by atoms with Crippen molar-refractivity contribution in [3.63, 3.8) is 0 Å². The number of ketones is 1. The second kappa shape index (κ2) is 6.02. The van der Waals surface area contributed by atoms with Gasteiger partial charge in [-0.25, -0.2) is 0 Å². The van der Waals surface area contributed by atoms with Crippen LogP contribution in [0.15, 0.2) is 48.5 Å². The quantitative estimate of drug-likeness (QED) is 0.837. The van der Waals surface area contributed by atoms with Crippen molar-refractivity contribution in [2.24, 2.45) is 0 Å². The summed E-state index contributed by atoms with van der Waals surface area (Å²) in [4.78, 5) is 23.4. The lowest BCUT2D eigenvalue weighted by atomic mass is 10.1. The summed E-state index contributed by atoms with van der Waals surface area (Å²) in [6, 6.07) is 14.1. The molecule has 1 amide bonds. The van der Waals surface area contributed by atoms with Crippen molar-refractivity contribution < 1.29 is 9.59 Å². The molecular weight excluding hydrogens is 252 g/mol. The molecule has 0 aliphatic heterocycles. The van der Waals surface area contributed by atoms with Crippen LogP contribution in [0.3, 0.4) is 0 Å². The van der Waals surface area contributed by atoms with Gasteiger partial charge in [0.2, 0.25) is 0 Å². The summed E-state index contributed by atoms with van der Waals surface area (Å²) >= 11 is 0. The fourth-order valence-electron chi connectivity index (χ4n) is 1.81. The van der Waals surface area contributed by atoms with E-state index in [1.807, 2.05) is 19.2 Å². The topological polar surface area (TPSA) is 58.2 Å². The number of hydrogen-bond donors (Lipinski definition) is 2. The number of hydrogen-bond acceptors (Lipinski definition) is 3. The van der Waals surface area contributed by atoms with Crippen LogP contribution in [-0.2, 0) is 0 Å². The van der Waals surface area contributed by atoms with Crippen molar-refractivity contribution in [2.75, 3.05) is 17.7 Å². The van der Waals surface area contributed by atoms with Crippen LogP contribution in [0.4, 0.5) is 11.4 Å². The van der Waals surface area contributed by atoms with Gasteiger partial charge in [0.05, 0.1) is 0 Å². The van der Waals surface area contributed by atoms with Crippen LogP contribution in [0.5, 0.6) is 0 Å². The molecule has 4 heteroatoms. The standard InChI is InChI=1S/C16H16N2O2/c1-11(19)13-4-3-5-15(10-13)18-16(20)12-6-8-14(17-2)9-7-12/h3-10,17H,1-2H3,(H,18,20). The van der Waals surface area contributed by atoms with E-state index in [2.05, 4.69) is 10.6 Å². The average Bonchev–Trinajstić information content (AvgIpc) is 2.47. The van der Waals surface area contributed by atoms with E-state index in [0.29, 0.717) is 16.8 Å². The molecule has 0 saturated heterocycles. The summed E-state index contributed by atoms with van der Waals surface area (Å²) in [7, 11) is 1.82. The molecule has 0 saturated carbocycles. The second-order valence-electron chi connectivity index (χ2n) is 4.42. The Morgan fingerprint density at radius 3 is 2.20 bits per heavy atom. The van der Waals surface area contributed by atoms with Crippen LogP contribution < -0.4 is 10.6 Å². The number of anilines is 2. The van der Waals surface area contributed by atoms with Gasteiger partial charge >= 0.3 is 0 Å². The van der Waals surface area contributed by atoms with Crippen molar-refractivity contribution in [1.82, 2.24) is 0 Å². The van der Waals surface area contributed by atoms with E-state index in [-0.39, 0.29) is 11.7 Å². The van der Waals surface area contributed by atoms with Gasteiger partial charge in [0.15, 0.2) is 5.78 Å².